The summed E-state index contributed by atoms with van der Waals surface area (Å²) in [6, 6.07) is 6.73. The van der Waals surface area contributed by atoms with Gasteiger partial charge >= 0.3 is 5.97 Å². The number of rotatable bonds is 4. The van der Waals surface area contributed by atoms with Gasteiger partial charge in [0.25, 0.3) is 5.89 Å². The number of hydrogen-bond acceptors (Lipinski definition) is 6. The molecule has 0 aliphatic heterocycles. The Labute approximate surface area is 126 Å². The van der Waals surface area contributed by atoms with Gasteiger partial charge in [0.1, 0.15) is 11.7 Å². The van der Waals surface area contributed by atoms with E-state index in [1.165, 1.54) is 7.11 Å². The predicted octanol–water partition coefficient (Wildman–Crippen LogP) is 2.33. The maximum atomic E-state index is 11.7. The lowest BCUT2D eigenvalue weighted by Gasteiger charge is -2.13. The molecule has 7 nitrogen and oxygen atoms in total. The first-order valence-corrected chi connectivity index (χ1v) is 6.70. The lowest BCUT2D eigenvalue weighted by atomic mass is 10.2. The van der Waals surface area contributed by atoms with Gasteiger partial charge in [-0.05, 0) is 31.2 Å². The summed E-state index contributed by atoms with van der Waals surface area (Å²) >= 11 is 0. The first-order valence-electron chi connectivity index (χ1n) is 6.70. The molecule has 1 atom stereocenters. The standard InChI is InChI=1S/C15H14N4O3/c1-10(15(20)21-2)19-9-3-4-12(19)14-17-13(18-22-14)11-5-7-16-8-6-11/h3-10H,1-2H3/t10-/m1/s1. The minimum atomic E-state index is -0.480. The molecule has 0 aromatic carbocycles. The van der Waals surface area contributed by atoms with Crippen LogP contribution in [0.2, 0.25) is 0 Å². The van der Waals surface area contributed by atoms with E-state index in [0.29, 0.717) is 17.4 Å². The van der Waals surface area contributed by atoms with Crippen LogP contribution in [0.15, 0.2) is 47.4 Å². The third-order valence-corrected chi connectivity index (χ3v) is 3.32. The molecule has 7 heteroatoms. The summed E-state index contributed by atoms with van der Waals surface area (Å²) in [5, 5.41) is 3.96. The van der Waals surface area contributed by atoms with Gasteiger partial charge in [-0.2, -0.15) is 4.98 Å². The molecular formula is C15H14N4O3. The van der Waals surface area contributed by atoms with E-state index in [1.807, 2.05) is 12.1 Å². The fourth-order valence-electron chi connectivity index (χ4n) is 2.14. The number of ether oxygens (including phenoxy) is 1. The van der Waals surface area contributed by atoms with Crippen LogP contribution in [0.3, 0.4) is 0 Å². The van der Waals surface area contributed by atoms with E-state index in [2.05, 4.69) is 15.1 Å². The summed E-state index contributed by atoms with van der Waals surface area (Å²) < 4.78 is 11.8. The molecule has 3 aromatic rings. The average molecular weight is 298 g/mol. The van der Waals surface area contributed by atoms with E-state index in [-0.39, 0.29) is 5.97 Å². The van der Waals surface area contributed by atoms with Crippen LogP contribution in [0.1, 0.15) is 13.0 Å². The van der Waals surface area contributed by atoms with Crippen LogP contribution in [0.25, 0.3) is 23.0 Å². The highest BCUT2D eigenvalue weighted by molar-refractivity contribution is 5.74. The van der Waals surface area contributed by atoms with E-state index < -0.39 is 6.04 Å². The molecule has 0 unspecified atom stereocenters. The summed E-state index contributed by atoms with van der Waals surface area (Å²) in [7, 11) is 1.36. The maximum Gasteiger partial charge on any atom is 0.328 e. The zero-order chi connectivity index (χ0) is 15.5. The van der Waals surface area contributed by atoms with Crippen LogP contribution in [0.4, 0.5) is 0 Å². The van der Waals surface area contributed by atoms with E-state index >= 15 is 0 Å². The first-order chi connectivity index (χ1) is 10.7. The number of methoxy groups -OCH3 is 1. The van der Waals surface area contributed by atoms with Crippen LogP contribution in [-0.4, -0.2) is 32.8 Å². The first kappa shape index (κ1) is 14.0. The van der Waals surface area contributed by atoms with Gasteiger partial charge in [-0.15, -0.1) is 0 Å². The lowest BCUT2D eigenvalue weighted by Crippen LogP contribution is -2.17. The average Bonchev–Trinajstić information content (AvgIpc) is 3.22. The van der Waals surface area contributed by atoms with E-state index in [9.17, 15) is 4.79 Å². The van der Waals surface area contributed by atoms with Crippen molar-refractivity contribution < 1.29 is 14.1 Å². The number of carbonyl (C=O) groups is 1. The molecule has 0 spiro atoms. The highest BCUT2D eigenvalue weighted by Crippen LogP contribution is 2.25. The minimum absolute atomic E-state index is 0.340. The Hall–Kier alpha value is -2.96. The molecule has 0 saturated carbocycles. The van der Waals surface area contributed by atoms with Crippen molar-refractivity contribution in [3.05, 3.63) is 42.9 Å². The Kier molecular flexibility index (Phi) is 3.69. The number of hydrogen-bond donors (Lipinski definition) is 0. The van der Waals surface area contributed by atoms with Crippen molar-refractivity contribution in [3.63, 3.8) is 0 Å². The van der Waals surface area contributed by atoms with Crippen molar-refractivity contribution in [2.45, 2.75) is 13.0 Å². The van der Waals surface area contributed by atoms with Crippen LogP contribution >= 0.6 is 0 Å². The second kappa shape index (κ2) is 5.80. The molecular weight excluding hydrogens is 284 g/mol. The highest BCUT2D eigenvalue weighted by Gasteiger charge is 2.21. The summed E-state index contributed by atoms with van der Waals surface area (Å²) in [6.07, 6.45) is 5.09. The smallest absolute Gasteiger partial charge is 0.328 e. The molecule has 0 radical (unpaired) electrons. The van der Waals surface area contributed by atoms with Gasteiger partial charge in [0.05, 0.1) is 7.11 Å². The number of carbonyl (C=O) groups excluding carboxylic acids is 1. The van der Waals surface area contributed by atoms with Crippen molar-refractivity contribution in [3.8, 4) is 23.0 Å². The van der Waals surface area contributed by atoms with Crippen LogP contribution < -0.4 is 0 Å². The normalized spacial score (nSPS) is 12.1. The monoisotopic (exact) mass is 298 g/mol. The molecule has 0 fully saturated rings. The van der Waals surface area contributed by atoms with Crippen LogP contribution in [-0.2, 0) is 9.53 Å². The fourth-order valence-corrected chi connectivity index (χ4v) is 2.14. The van der Waals surface area contributed by atoms with E-state index in [0.717, 1.165) is 5.56 Å². The van der Waals surface area contributed by atoms with Crippen molar-refractivity contribution in [1.82, 2.24) is 19.7 Å². The molecule has 3 aromatic heterocycles. The topological polar surface area (TPSA) is 83.0 Å². The number of nitrogens with zero attached hydrogens (tertiary/aromatic N) is 4. The molecule has 0 aliphatic rings. The zero-order valence-electron chi connectivity index (χ0n) is 12.1. The predicted molar refractivity (Wildman–Crippen MR) is 77.7 cm³/mol. The Balaban J connectivity index is 1.95. The molecule has 0 amide bonds. The molecule has 0 aliphatic carbocycles. The second-order valence-corrected chi connectivity index (χ2v) is 4.66. The number of esters is 1. The molecule has 0 N–H and O–H groups in total. The quantitative estimate of drug-likeness (QED) is 0.687. The summed E-state index contributed by atoms with van der Waals surface area (Å²) in [5.41, 5.74) is 1.47. The molecule has 0 saturated heterocycles. The molecule has 3 heterocycles. The second-order valence-electron chi connectivity index (χ2n) is 4.66. The third-order valence-electron chi connectivity index (χ3n) is 3.32. The van der Waals surface area contributed by atoms with E-state index in [4.69, 9.17) is 9.26 Å². The summed E-state index contributed by atoms with van der Waals surface area (Å²) in [6.45, 7) is 1.75. The Morgan fingerprint density at radius 1 is 1.32 bits per heavy atom. The Morgan fingerprint density at radius 3 is 2.82 bits per heavy atom. The van der Waals surface area contributed by atoms with Crippen molar-refractivity contribution >= 4 is 5.97 Å². The van der Waals surface area contributed by atoms with Gasteiger partial charge in [0.2, 0.25) is 5.82 Å². The third kappa shape index (κ3) is 2.48. The zero-order valence-corrected chi connectivity index (χ0v) is 12.1. The van der Waals surface area contributed by atoms with E-state index in [1.54, 1.807) is 42.2 Å². The lowest BCUT2D eigenvalue weighted by molar-refractivity contribution is -0.143. The largest absolute Gasteiger partial charge is 0.467 e. The van der Waals surface area contributed by atoms with Gasteiger partial charge in [-0.3, -0.25) is 4.98 Å². The minimum Gasteiger partial charge on any atom is -0.467 e. The van der Waals surface area contributed by atoms with Crippen molar-refractivity contribution in [2.75, 3.05) is 7.11 Å². The Morgan fingerprint density at radius 2 is 2.09 bits per heavy atom. The van der Waals surface area contributed by atoms with Gasteiger partial charge < -0.3 is 13.8 Å². The summed E-state index contributed by atoms with van der Waals surface area (Å²) in [4.78, 5) is 20.0. The van der Waals surface area contributed by atoms with Gasteiger partial charge in [0.15, 0.2) is 0 Å². The van der Waals surface area contributed by atoms with Gasteiger partial charge in [-0.25, -0.2) is 4.79 Å². The van der Waals surface area contributed by atoms with Gasteiger partial charge in [-0.1, -0.05) is 5.16 Å². The fraction of sp³-hybridized carbons (Fsp3) is 0.200. The maximum absolute atomic E-state index is 11.7. The molecule has 0 bridgehead atoms. The van der Waals surface area contributed by atoms with Gasteiger partial charge in [0, 0.05) is 24.2 Å². The van der Waals surface area contributed by atoms with Crippen molar-refractivity contribution in [2.24, 2.45) is 0 Å². The summed E-state index contributed by atoms with van der Waals surface area (Å²) in [5.74, 6) is 0.467. The van der Waals surface area contributed by atoms with Crippen LogP contribution in [0, 0.1) is 0 Å². The molecule has 3 rings (SSSR count). The van der Waals surface area contributed by atoms with Crippen LogP contribution in [0.5, 0.6) is 0 Å². The Bertz CT molecular complexity index is 779. The highest BCUT2D eigenvalue weighted by atomic mass is 16.5. The number of aromatic nitrogens is 4. The molecule has 22 heavy (non-hydrogen) atoms. The SMILES string of the molecule is COC(=O)[C@@H](C)n1cccc1-c1nc(-c2ccncc2)no1. The number of pyridine rings is 1. The molecule has 112 valence electrons. The van der Waals surface area contributed by atoms with Crippen molar-refractivity contribution in [1.29, 1.82) is 0 Å².